The number of sulfonamides is 1. The zero-order valence-corrected chi connectivity index (χ0v) is 14.2. The highest BCUT2D eigenvalue weighted by Gasteiger charge is 2.25. The second kappa shape index (κ2) is 7.88. The molecule has 0 saturated heterocycles. The van der Waals surface area contributed by atoms with Gasteiger partial charge in [-0.1, -0.05) is 6.92 Å². The molecule has 0 amide bonds. The summed E-state index contributed by atoms with van der Waals surface area (Å²) >= 11 is 1.03. The first-order chi connectivity index (χ1) is 9.77. The van der Waals surface area contributed by atoms with Gasteiger partial charge in [-0.25, -0.2) is 8.42 Å². The summed E-state index contributed by atoms with van der Waals surface area (Å²) in [5.41, 5.74) is 0. The van der Waals surface area contributed by atoms with Crippen LogP contribution in [-0.2, 0) is 21.2 Å². The minimum absolute atomic E-state index is 0.147. The molecule has 1 N–H and O–H groups in total. The molecule has 0 unspecified atom stereocenters. The predicted octanol–water partition coefficient (Wildman–Crippen LogP) is 1.34. The number of hydrogen-bond acceptors (Lipinski definition) is 5. The summed E-state index contributed by atoms with van der Waals surface area (Å²) in [5.74, 6) is -0.959. The van der Waals surface area contributed by atoms with Crippen LogP contribution in [0.2, 0.25) is 0 Å². The first kappa shape index (κ1) is 18.1. The Kier molecular flexibility index (Phi) is 6.79. The Morgan fingerprint density at radius 2 is 1.90 bits per heavy atom. The molecule has 120 valence electrons. The topological polar surface area (TPSA) is 77.9 Å². The van der Waals surface area contributed by atoms with Crippen LogP contribution in [-0.4, -0.2) is 62.4 Å². The normalized spacial score (nSPS) is 12.2. The Labute approximate surface area is 130 Å². The molecule has 1 aromatic rings. The lowest BCUT2D eigenvalue weighted by atomic mass is 10.3. The number of rotatable bonds is 9. The van der Waals surface area contributed by atoms with Gasteiger partial charge in [-0.15, -0.1) is 11.3 Å². The Bertz CT molecular complexity index is 566. The van der Waals surface area contributed by atoms with Gasteiger partial charge in [0.1, 0.15) is 4.21 Å². The van der Waals surface area contributed by atoms with Crippen LogP contribution in [0.5, 0.6) is 0 Å². The second-order valence-corrected chi connectivity index (χ2v) is 8.33. The molecular weight excluding hydrogens is 312 g/mol. The van der Waals surface area contributed by atoms with Crippen LogP contribution in [0.25, 0.3) is 0 Å². The van der Waals surface area contributed by atoms with E-state index < -0.39 is 16.0 Å². The lowest BCUT2D eigenvalue weighted by molar-refractivity contribution is -0.136. The van der Waals surface area contributed by atoms with Crippen molar-refractivity contribution in [2.45, 2.75) is 24.0 Å². The van der Waals surface area contributed by atoms with E-state index in [4.69, 9.17) is 5.11 Å². The van der Waals surface area contributed by atoms with E-state index in [0.29, 0.717) is 24.5 Å². The molecule has 1 heterocycles. The van der Waals surface area contributed by atoms with Gasteiger partial charge in [0.05, 0.1) is 6.42 Å². The Balaban J connectivity index is 2.93. The predicted molar refractivity (Wildman–Crippen MR) is 83.3 cm³/mol. The lowest BCUT2D eigenvalue weighted by Crippen LogP contribution is -2.36. The molecule has 6 nitrogen and oxygen atoms in total. The number of thiophene rings is 1. The maximum absolute atomic E-state index is 12.6. The zero-order valence-electron chi connectivity index (χ0n) is 12.6. The summed E-state index contributed by atoms with van der Waals surface area (Å²) in [6, 6.07) is 3.07. The maximum atomic E-state index is 12.6. The first-order valence-corrected chi connectivity index (χ1v) is 8.98. The zero-order chi connectivity index (χ0) is 16.0. The van der Waals surface area contributed by atoms with Gasteiger partial charge < -0.3 is 10.0 Å². The second-order valence-electron chi connectivity index (χ2n) is 5.00. The van der Waals surface area contributed by atoms with Crippen molar-refractivity contribution in [1.82, 2.24) is 9.21 Å². The first-order valence-electron chi connectivity index (χ1n) is 6.72. The Morgan fingerprint density at radius 1 is 1.24 bits per heavy atom. The quantitative estimate of drug-likeness (QED) is 0.737. The molecular formula is C13H22N2O4S2. The van der Waals surface area contributed by atoms with Crippen molar-refractivity contribution in [3.05, 3.63) is 17.0 Å². The minimum atomic E-state index is -3.54. The molecule has 1 rings (SSSR count). The van der Waals surface area contributed by atoms with Gasteiger partial charge in [0, 0.05) is 24.5 Å². The van der Waals surface area contributed by atoms with E-state index in [1.54, 1.807) is 6.07 Å². The monoisotopic (exact) mass is 334 g/mol. The molecule has 0 aliphatic carbocycles. The van der Waals surface area contributed by atoms with Gasteiger partial charge in [-0.05, 0) is 32.6 Å². The van der Waals surface area contributed by atoms with E-state index in [0.717, 1.165) is 17.8 Å². The highest BCUT2D eigenvalue weighted by Crippen LogP contribution is 2.25. The fourth-order valence-corrected chi connectivity index (χ4v) is 4.81. The average molecular weight is 334 g/mol. The number of carboxylic acid groups (broad SMARTS) is 1. The van der Waals surface area contributed by atoms with Crippen molar-refractivity contribution in [2.24, 2.45) is 0 Å². The molecule has 0 bridgehead atoms. The Hall–Kier alpha value is -0.960. The van der Waals surface area contributed by atoms with Crippen molar-refractivity contribution in [3.63, 3.8) is 0 Å². The number of carbonyl (C=O) groups is 1. The summed E-state index contributed by atoms with van der Waals surface area (Å²) in [6.07, 6.45) is 0.589. The number of carboxylic acids is 1. The van der Waals surface area contributed by atoms with E-state index in [1.807, 2.05) is 25.9 Å². The van der Waals surface area contributed by atoms with Gasteiger partial charge in [-0.3, -0.25) is 4.79 Å². The number of hydrogen-bond donors (Lipinski definition) is 1. The molecule has 0 aliphatic rings. The third kappa shape index (κ3) is 5.39. The van der Waals surface area contributed by atoms with Crippen molar-refractivity contribution >= 4 is 27.3 Å². The van der Waals surface area contributed by atoms with Gasteiger partial charge in [0.25, 0.3) is 10.0 Å². The number of aliphatic carboxylic acids is 1. The lowest BCUT2D eigenvalue weighted by Gasteiger charge is -2.22. The van der Waals surface area contributed by atoms with Gasteiger partial charge >= 0.3 is 5.97 Å². The maximum Gasteiger partial charge on any atom is 0.308 e. The van der Waals surface area contributed by atoms with Crippen molar-refractivity contribution in [3.8, 4) is 0 Å². The highest BCUT2D eigenvalue weighted by atomic mass is 32.2. The van der Waals surface area contributed by atoms with Crippen LogP contribution < -0.4 is 0 Å². The van der Waals surface area contributed by atoms with E-state index in [9.17, 15) is 13.2 Å². The molecule has 0 saturated carbocycles. The number of nitrogens with zero attached hydrogens (tertiary/aromatic N) is 2. The minimum Gasteiger partial charge on any atom is -0.481 e. The summed E-state index contributed by atoms with van der Waals surface area (Å²) in [7, 11) is 0.250. The molecule has 0 radical (unpaired) electrons. The Morgan fingerprint density at radius 3 is 2.43 bits per heavy atom. The summed E-state index contributed by atoms with van der Waals surface area (Å²) in [6.45, 7) is 3.47. The third-order valence-electron chi connectivity index (χ3n) is 2.83. The summed E-state index contributed by atoms with van der Waals surface area (Å²) in [5, 5.41) is 8.76. The smallest absolute Gasteiger partial charge is 0.308 e. The van der Waals surface area contributed by atoms with Gasteiger partial charge in [0.15, 0.2) is 0 Å². The van der Waals surface area contributed by atoms with Gasteiger partial charge in [-0.2, -0.15) is 4.31 Å². The van der Waals surface area contributed by atoms with Crippen LogP contribution in [0.15, 0.2) is 16.3 Å². The van der Waals surface area contributed by atoms with Crippen molar-refractivity contribution < 1.29 is 18.3 Å². The summed E-state index contributed by atoms with van der Waals surface area (Å²) in [4.78, 5) is 13.2. The van der Waals surface area contributed by atoms with Crippen molar-refractivity contribution in [1.29, 1.82) is 0 Å². The van der Waals surface area contributed by atoms with E-state index in [2.05, 4.69) is 0 Å². The molecule has 21 heavy (non-hydrogen) atoms. The largest absolute Gasteiger partial charge is 0.481 e. The van der Waals surface area contributed by atoms with Crippen LogP contribution in [0.3, 0.4) is 0 Å². The van der Waals surface area contributed by atoms with Crippen LogP contribution in [0, 0.1) is 0 Å². The SMILES string of the molecule is CCCN(CCN(C)C)S(=O)(=O)c1ccc(CC(=O)O)s1. The molecule has 8 heteroatoms. The molecule has 0 fully saturated rings. The molecule has 0 spiro atoms. The molecule has 1 aromatic heterocycles. The third-order valence-corrected chi connectivity index (χ3v) is 6.28. The molecule has 0 atom stereocenters. The van der Waals surface area contributed by atoms with Crippen LogP contribution in [0.1, 0.15) is 18.2 Å². The van der Waals surface area contributed by atoms with E-state index >= 15 is 0 Å². The summed E-state index contributed by atoms with van der Waals surface area (Å²) < 4.78 is 26.9. The highest BCUT2D eigenvalue weighted by molar-refractivity contribution is 7.91. The van der Waals surface area contributed by atoms with E-state index in [-0.39, 0.29) is 10.6 Å². The average Bonchev–Trinajstić information content (AvgIpc) is 2.82. The molecule has 0 aliphatic heterocycles. The van der Waals surface area contributed by atoms with Crippen molar-refractivity contribution in [2.75, 3.05) is 33.7 Å². The van der Waals surface area contributed by atoms with E-state index in [1.165, 1.54) is 10.4 Å². The van der Waals surface area contributed by atoms with Crippen LogP contribution >= 0.6 is 11.3 Å². The van der Waals surface area contributed by atoms with Crippen LogP contribution in [0.4, 0.5) is 0 Å². The molecule has 0 aromatic carbocycles. The standard InChI is InChI=1S/C13H22N2O4S2/c1-4-7-15(9-8-14(2)3)21(18,19)13-6-5-11(20-13)10-12(16)17/h5-6H,4,7-10H2,1-3H3,(H,16,17). The fourth-order valence-electron chi connectivity index (χ4n) is 1.78. The fraction of sp³-hybridized carbons (Fsp3) is 0.615. The number of likely N-dealkylation sites (N-methyl/N-ethyl adjacent to an activating group) is 1. The van der Waals surface area contributed by atoms with Gasteiger partial charge in [0.2, 0.25) is 0 Å².